The first-order chi connectivity index (χ1) is 10.5. The van der Waals surface area contributed by atoms with E-state index in [9.17, 15) is 14.4 Å². The van der Waals surface area contributed by atoms with Crippen LogP contribution in [0.2, 0.25) is 0 Å². The predicted octanol–water partition coefficient (Wildman–Crippen LogP) is 1.53. The molecule has 0 saturated heterocycles. The molecule has 0 unspecified atom stereocenters. The van der Waals surface area contributed by atoms with E-state index in [0.29, 0.717) is 6.42 Å². The van der Waals surface area contributed by atoms with Crippen molar-refractivity contribution >= 4 is 17.8 Å². The molecule has 1 aromatic carbocycles. The number of amides is 1. The summed E-state index contributed by atoms with van der Waals surface area (Å²) in [5.74, 6) is -1.03. The van der Waals surface area contributed by atoms with Crippen molar-refractivity contribution in [2.24, 2.45) is 0 Å². The summed E-state index contributed by atoms with van der Waals surface area (Å²) < 4.78 is 10.0. The molecule has 0 aliphatic carbocycles. The summed E-state index contributed by atoms with van der Waals surface area (Å²) in [6.45, 7) is 1.65. The second-order valence-corrected chi connectivity index (χ2v) is 4.85. The smallest absolute Gasteiger partial charge is 0.325 e. The molecule has 0 spiro atoms. The van der Waals surface area contributed by atoms with E-state index in [4.69, 9.17) is 9.47 Å². The molecule has 0 heterocycles. The minimum Gasteiger partial charge on any atom is -0.464 e. The van der Waals surface area contributed by atoms with Crippen LogP contribution in [0.5, 0.6) is 0 Å². The van der Waals surface area contributed by atoms with Crippen LogP contribution < -0.4 is 0 Å². The number of esters is 2. The fourth-order valence-electron chi connectivity index (χ4n) is 1.56. The fourth-order valence-corrected chi connectivity index (χ4v) is 1.56. The van der Waals surface area contributed by atoms with E-state index in [0.717, 1.165) is 5.56 Å². The SMILES string of the molecule is CC(=O)N(C)CC(=O)OCCCC(=O)OCc1ccccc1. The molecule has 0 aliphatic rings. The number of nitrogens with zero attached hydrogens (tertiary/aromatic N) is 1. The minimum atomic E-state index is -0.490. The predicted molar refractivity (Wildman–Crippen MR) is 79.7 cm³/mol. The first-order valence-electron chi connectivity index (χ1n) is 7.06. The van der Waals surface area contributed by atoms with Gasteiger partial charge in [-0.3, -0.25) is 14.4 Å². The van der Waals surface area contributed by atoms with Gasteiger partial charge in [0.1, 0.15) is 13.2 Å². The van der Waals surface area contributed by atoms with Gasteiger partial charge < -0.3 is 14.4 Å². The van der Waals surface area contributed by atoms with Crippen LogP contribution in [0, 0.1) is 0 Å². The molecule has 0 bridgehead atoms. The largest absolute Gasteiger partial charge is 0.464 e. The summed E-state index contributed by atoms with van der Waals surface area (Å²) in [4.78, 5) is 35.1. The molecule has 1 aromatic rings. The van der Waals surface area contributed by atoms with Crippen LogP contribution >= 0.6 is 0 Å². The van der Waals surface area contributed by atoms with Gasteiger partial charge in [-0.05, 0) is 12.0 Å². The molecule has 0 aliphatic heterocycles. The summed E-state index contributed by atoms with van der Waals surface area (Å²) in [6.07, 6.45) is 0.575. The van der Waals surface area contributed by atoms with Gasteiger partial charge in [-0.15, -0.1) is 0 Å². The second kappa shape index (κ2) is 9.55. The van der Waals surface area contributed by atoms with E-state index < -0.39 is 5.97 Å². The van der Waals surface area contributed by atoms with Gasteiger partial charge in [-0.2, -0.15) is 0 Å². The third-order valence-electron chi connectivity index (χ3n) is 2.93. The molecule has 0 aromatic heterocycles. The number of benzene rings is 1. The normalized spacial score (nSPS) is 9.91. The lowest BCUT2D eigenvalue weighted by atomic mass is 10.2. The Balaban J connectivity index is 2.10. The number of hydrogen-bond acceptors (Lipinski definition) is 5. The highest BCUT2D eigenvalue weighted by Crippen LogP contribution is 2.03. The van der Waals surface area contributed by atoms with Crippen molar-refractivity contribution < 1.29 is 23.9 Å². The Morgan fingerprint density at radius 1 is 1.05 bits per heavy atom. The fraction of sp³-hybridized carbons (Fsp3) is 0.438. The van der Waals surface area contributed by atoms with Crippen molar-refractivity contribution in [3.8, 4) is 0 Å². The zero-order valence-electron chi connectivity index (χ0n) is 12.9. The van der Waals surface area contributed by atoms with Crippen LogP contribution in [-0.4, -0.2) is 42.9 Å². The first kappa shape index (κ1) is 17.7. The van der Waals surface area contributed by atoms with Gasteiger partial charge >= 0.3 is 11.9 Å². The molecule has 0 fully saturated rings. The maximum Gasteiger partial charge on any atom is 0.325 e. The van der Waals surface area contributed by atoms with Crippen molar-refractivity contribution in [1.82, 2.24) is 4.90 Å². The zero-order valence-corrected chi connectivity index (χ0v) is 12.9. The third kappa shape index (κ3) is 7.42. The Bertz CT molecular complexity index is 501. The molecule has 1 amide bonds. The maximum atomic E-state index is 11.5. The van der Waals surface area contributed by atoms with Gasteiger partial charge in [-0.25, -0.2) is 0 Å². The van der Waals surface area contributed by atoms with E-state index in [2.05, 4.69) is 0 Å². The number of ether oxygens (including phenoxy) is 2. The second-order valence-electron chi connectivity index (χ2n) is 4.85. The van der Waals surface area contributed by atoms with E-state index in [1.165, 1.54) is 18.9 Å². The van der Waals surface area contributed by atoms with Crippen LogP contribution in [0.1, 0.15) is 25.3 Å². The van der Waals surface area contributed by atoms with E-state index >= 15 is 0 Å². The van der Waals surface area contributed by atoms with Crippen LogP contribution in [0.25, 0.3) is 0 Å². The minimum absolute atomic E-state index is 0.0895. The Hall–Kier alpha value is -2.37. The van der Waals surface area contributed by atoms with Crippen molar-refractivity contribution in [2.45, 2.75) is 26.4 Å². The molecule has 0 atom stereocenters. The number of carbonyl (C=O) groups is 3. The summed E-state index contributed by atoms with van der Waals surface area (Å²) in [5, 5.41) is 0. The standard InChI is InChI=1S/C16H21NO5/c1-13(18)17(2)11-16(20)21-10-6-9-15(19)22-12-14-7-4-3-5-8-14/h3-5,7-8H,6,9-12H2,1-2H3. The molecule has 0 radical (unpaired) electrons. The molecule has 120 valence electrons. The van der Waals surface area contributed by atoms with Gasteiger partial charge in [0.2, 0.25) is 5.91 Å². The quantitative estimate of drug-likeness (QED) is 0.538. The van der Waals surface area contributed by atoms with Crippen molar-refractivity contribution in [3.05, 3.63) is 35.9 Å². The van der Waals surface area contributed by atoms with E-state index in [-0.39, 0.29) is 38.1 Å². The highest BCUT2D eigenvalue weighted by molar-refractivity contribution is 5.80. The van der Waals surface area contributed by atoms with Gasteiger partial charge in [0.05, 0.1) is 6.61 Å². The molecule has 0 saturated carbocycles. The van der Waals surface area contributed by atoms with Crippen LogP contribution in [-0.2, 0) is 30.5 Å². The molecule has 22 heavy (non-hydrogen) atoms. The maximum absolute atomic E-state index is 11.5. The number of carbonyl (C=O) groups excluding carboxylic acids is 3. The van der Waals surface area contributed by atoms with Crippen molar-refractivity contribution in [2.75, 3.05) is 20.2 Å². The van der Waals surface area contributed by atoms with Gasteiger partial charge in [-0.1, -0.05) is 30.3 Å². The van der Waals surface area contributed by atoms with E-state index in [1.54, 1.807) is 0 Å². The topological polar surface area (TPSA) is 72.9 Å². The Labute approximate surface area is 130 Å². The highest BCUT2D eigenvalue weighted by Gasteiger charge is 2.10. The van der Waals surface area contributed by atoms with Crippen LogP contribution in [0.3, 0.4) is 0 Å². The Kier molecular flexibility index (Phi) is 7.67. The molecule has 0 N–H and O–H groups in total. The first-order valence-corrected chi connectivity index (χ1v) is 7.06. The van der Waals surface area contributed by atoms with Gasteiger partial charge in [0, 0.05) is 20.4 Å². The molecule has 6 heteroatoms. The third-order valence-corrected chi connectivity index (χ3v) is 2.93. The highest BCUT2D eigenvalue weighted by atomic mass is 16.5. The lowest BCUT2D eigenvalue weighted by Crippen LogP contribution is -2.31. The lowest BCUT2D eigenvalue weighted by molar-refractivity contribution is -0.150. The molecule has 1 rings (SSSR count). The van der Waals surface area contributed by atoms with Crippen molar-refractivity contribution in [1.29, 1.82) is 0 Å². The van der Waals surface area contributed by atoms with Gasteiger partial charge in [0.25, 0.3) is 0 Å². The molecular formula is C16H21NO5. The molecular weight excluding hydrogens is 286 g/mol. The van der Waals surface area contributed by atoms with Crippen LogP contribution in [0.4, 0.5) is 0 Å². The van der Waals surface area contributed by atoms with Crippen molar-refractivity contribution in [3.63, 3.8) is 0 Å². The summed E-state index contributed by atoms with van der Waals surface area (Å²) in [6, 6.07) is 9.39. The van der Waals surface area contributed by atoms with Crippen LogP contribution in [0.15, 0.2) is 30.3 Å². The number of hydrogen-bond donors (Lipinski definition) is 0. The zero-order chi connectivity index (χ0) is 16.4. The summed E-state index contributed by atoms with van der Waals surface area (Å²) >= 11 is 0. The Morgan fingerprint density at radius 3 is 2.36 bits per heavy atom. The lowest BCUT2D eigenvalue weighted by Gasteiger charge is -2.13. The number of likely N-dealkylation sites (N-methyl/N-ethyl adjacent to an activating group) is 1. The average Bonchev–Trinajstić information content (AvgIpc) is 2.50. The summed E-state index contributed by atoms with van der Waals surface area (Å²) in [5.41, 5.74) is 0.926. The van der Waals surface area contributed by atoms with E-state index in [1.807, 2.05) is 30.3 Å². The average molecular weight is 307 g/mol. The summed E-state index contributed by atoms with van der Waals surface area (Å²) in [7, 11) is 1.52. The monoisotopic (exact) mass is 307 g/mol. The van der Waals surface area contributed by atoms with Gasteiger partial charge in [0.15, 0.2) is 0 Å². The number of rotatable bonds is 8. The molecule has 6 nitrogen and oxygen atoms in total. The Morgan fingerprint density at radius 2 is 1.73 bits per heavy atom.